The molecule has 5 heteroatoms. The Hall–Kier alpha value is -0.0300. The molecule has 0 spiro atoms. The van der Waals surface area contributed by atoms with E-state index in [0.29, 0.717) is 22.7 Å². The molecule has 4 unspecified atom stereocenters. The molecule has 24 heavy (non-hydrogen) atoms. The van der Waals surface area contributed by atoms with Gasteiger partial charge in [0.15, 0.2) is 0 Å². The topological polar surface area (TPSA) is 41.1 Å². The lowest BCUT2D eigenvalue weighted by molar-refractivity contribution is 0.246. The van der Waals surface area contributed by atoms with Crippen LogP contribution >= 0.6 is 23.5 Å². The van der Waals surface area contributed by atoms with E-state index in [1.807, 2.05) is 11.8 Å². The standard InChI is InChI=1S/C9H16N2OS.C8H16S.2CH4/c1-9(2,3)7-6-5(4-13-7)10-8(12)11-6;1-8(2,3)7-5-4-6-9-7;;/h5-7H,4H2,1-3H3,(H2,10,11,12);7H,4-6H2,1-3H3;2*1H4. The van der Waals surface area contributed by atoms with Gasteiger partial charge in [-0.2, -0.15) is 23.5 Å². The van der Waals surface area contributed by atoms with E-state index in [-0.39, 0.29) is 26.3 Å². The fourth-order valence-electron chi connectivity index (χ4n) is 3.34. The van der Waals surface area contributed by atoms with Crippen LogP contribution in [0.25, 0.3) is 0 Å². The first-order chi connectivity index (χ1) is 10.1. The van der Waals surface area contributed by atoms with Crippen molar-refractivity contribution in [1.29, 1.82) is 0 Å². The Morgan fingerprint density at radius 2 is 1.58 bits per heavy atom. The minimum atomic E-state index is 0. The molecule has 3 aliphatic heterocycles. The number of hydrogen-bond acceptors (Lipinski definition) is 3. The first kappa shape index (κ1) is 24.0. The van der Waals surface area contributed by atoms with Crippen LogP contribution in [0.4, 0.5) is 4.79 Å². The molecule has 4 atom stereocenters. The summed E-state index contributed by atoms with van der Waals surface area (Å²) in [6.07, 6.45) is 2.88. The molecule has 2 N–H and O–H groups in total. The first-order valence-corrected chi connectivity index (χ1v) is 10.5. The van der Waals surface area contributed by atoms with E-state index in [1.54, 1.807) is 0 Å². The minimum absolute atomic E-state index is 0. The highest BCUT2D eigenvalue weighted by molar-refractivity contribution is 8.00. The molecule has 3 heterocycles. The summed E-state index contributed by atoms with van der Waals surface area (Å²) in [6.45, 7) is 13.7. The van der Waals surface area contributed by atoms with Crippen molar-refractivity contribution in [2.24, 2.45) is 10.8 Å². The monoisotopic (exact) mass is 376 g/mol. The molecule has 0 aromatic carbocycles. The van der Waals surface area contributed by atoms with Crippen molar-refractivity contribution in [1.82, 2.24) is 10.6 Å². The van der Waals surface area contributed by atoms with Gasteiger partial charge in [0, 0.05) is 16.3 Å². The summed E-state index contributed by atoms with van der Waals surface area (Å²) in [5.74, 6) is 2.44. The first-order valence-electron chi connectivity index (χ1n) is 8.39. The zero-order valence-corrected chi connectivity index (χ0v) is 16.5. The Morgan fingerprint density at radius 3 is 2.00 bits per heavy atom. The molecular formula is C19H40N2OS2. The second-order valence-electron chi connectivity index (χ2n) is 8.74. The maximum Gasteiger partial charge on any atom is 0.315 e. The van der Waals surface area contributed by atoms with Crippen LogP contribution < -0.4 is 10.6 Å². The average Bonchev–Trinajstić information content (AvgIpc) is 2.99. The highest BCUT2D eigenvalue weighted by Crippen LogP contribution is 2.41. The van der Waals surface area contributed by atoms with Crippen molar-refractivity contribution < 1.29 is 4.79 Å². The van der Waals surface area contributed by atoms with Gasteiger partial charge in [0.05, 0.1) is 12.1 Å². The van der Waals surface area contributed by atoms with Crippen molar-refractivity contribution in [2.75, 3.05) is 11.5 Å². The second-order valence-corrected chi connectivity index (χ2v) is 11.2. The number of rotatable bonds is 0. The van der Waals surface area contributed by atoms with E-state index in [9.17, 15) is 4.79 Å². The minimum Gasteiger partial charge on any atom is -0.332 e. The van der Waals surface area contributed by atoms with E-state index in [2.05, 4.69) is 63.9 Å². The van der Waals surface area contributed by atoms with Crippen molar-refractivity contribution >= 4 is 29.6 Å². The predicted octanol–water partition coefficient (Wildman–Crippen LogP) is 5.40. The number of amides is 2. The highest BCUT2D eigenvalue weighted by Gasteiger charge is 2.47. The molecule has 3 saturated heterocycles. The quantitative estimate of drug-likeness (QED) is 0.556. The van der Waals surface area contributed by atoms with Gasteiger partial charge in [-0.05, 0) is 29.4 Å². The maximum absolute atomic E-state index is 11.1. The number of thioether (sulfide) groups is 2. The van der Waals surface area contributed by atoms with Gasteiger partial charge < -0.3 is 10.6 Å². The molecule has 0 saturated carbocycles. The Labute approximate surface area is 159 Å². The third-order valence-corrected chi connectivity index (χ3v) is 8.36. The van der Waals surface area contributed by atoms with Crippen molar-refractivity contribution in [3.8, 4) is 0 Å². The summed E-state index contributed by atoms with van der Waals surface area (Å²) in [5.41, 5.74) is 0.810. The van der Waals surface area contributed by atoms with Crippen LogP contribution in [-0.2, 0) is 0 Å². The number of carbonyl (C=O) groups excluding carboxylic acids is 1. The van der Waals surface area contributed by atoms with E-state index >= 15 is 0 Å². The predicted molar refractivity (Wildman–Crippen MR) is 113 cm³/mol. The normalized spacial score (nSPS) is 31.7. The van der Waals surface area contributed by atoms with E-state index < -0.39 is 0 Å². The maximum atomic E-state index is 11.1. The third-order valence-electron chi connectivity index (χ3n) is 4.58. The largest absolute Gasteiger partial charge is 0.332 e. The average molecular weight is 377 g/mol. The molecule has 2 amide bonds. The smallest absolute Gasteiger partial charge is 0.315 e. The summed E-state index contributed by atoms with van der Waals surface area (Å²) in [4.78, 5) is 11.1. The van der Waals surface area contributed by atoms with Crippen molar-refractivity contribution in [3.63, 3.8) is 0 Å². The van der Waals surface area contributed by atoms with Crippen LogP contribution in [0.3, 0.4) is 0 Å². The molecule has 0 aromatic rings. The fraction of sp³-hybridized carbons (Fsp3) is 0.947. The molecule has 0 radical (unpaired) electrons. The van der Waals surface area contributed by atoms with Gasteiger partial charge in [-0.15, -0.1) is 0 Å². The summed E-state index contributed by atoms with van der Waals surface area (Å²) in [6, 6.07) is 0.684. The van der Waals surface area contributed by atoms with Crippen LogP contribution in [0.2, 0.25) is 0 Å². The summed E-state index contributed by atoms with van der Waals surface area (Å²) in [7, 11) is 0. The molecule has 3 fully saturated rings. The Morgan fingerprint density at radius 1 is 0.958 bits per heavy atom. The fourth-order valence-corrected chi connectivity index (χ4v) is 6.47. The highest BCUT2D eigenvalue weighted by atomic mass is 32.2. The molecule has 3 aliphatic rings. The molecule has 3 rings (SSSR count). The van der Waals surface area contributed by atoms with Crippen LogP contribution in [0.1, 0.15) is 69.2 Å². The van der Waals surface area contributed by atoms with Crippen molar-refractivity contribution in [2.45, 2.75) is 91.8 Å². The van der Waals surface area contributed by atoms with Crippen molar-refractivity contribution in [3.05, 3.63) is 0 Å². The number of nitrogens with one attached hydrogen (secondary N) is 2. The Balaban J connectivity index is 0.000000431. The summed E-state index contributed by atoms with van der Waals surface area (Å²) in [5, 5.41) is 7.42. The van der Waals surface area contributed by atoms with Gasteiger partial charge in [0.25, 0.3) is 0 Å². The Bertz CT molecular complexity index is 395. The number of urea groups is 1. The van der Waals surface area contributed by atoms with Gasteiger partial charge in [-0.1, -0.05) is 56.4 Å². The molecule has 0 bridgehead atoms. The molecular weight excluding hydrogens is 336 g/mol. The van der Waals surface area contributed by atoms with Crippen LogP contribution in [-0.4, -0.2) is 40.1 Å². The van der Waals surface area contributed by atoms with E-state index in [1.165, 1.54) is 18.6 Å². The van der Waals surface area contributed by atoms with Crippen LogP contribution in [0, 0.1) is 10.8 Å². The molecule has 3 nitrogen and oxygen atoms in total. The lowest BCUT2D eigenvalue weighted by atomic mass is 9.86. The third kappa shape index (κ3) is 6.05. The van der Waals surface area contributed by atoms with E-state index in [4.69, 9.17) is 0 Å². The molecule has 0 aromatic heterocycles. The van der Waals surface area contributed by atoms with Gasteiger partial charge in [-0.3, -0.25) is 0 Å². The zero-order valence-electron chi connectivity index (χ0n) is 14.9. The molecule has 0 aliphatic carbocycles. The number of carbonyl (C=O) groups is 1. The van der Waals surface area contributed by atoms with E-state index in [0.717, 1.165) is 11.0 Å². The SMILES string of the molecule is C.C.CC(C)(C)C1CCCS1.CC(C)(C)C1SCC2NC(=O)NC21. The second kappa shape index (κ2) is 9.07. The van der Waals surface area contributed by atoms with Gasteiger partial charge in [0.2, 0.25) is 0 Å². The lowest BCUT2D eigenvalue weighted by Gasteiger charge is -2.30. The lowest BCUT2D eigenvalue weighted by Crippen LogP contribution is -2.42. The Kier molecular flexibility index (Phi) is 9.05. The van der Waals surface area contributed by atoms with Gasteiger partial charge in [0.1, 0.15) is 0 Å². The van der Waals surface area contributed by atoms with Crippen LogP contribution in [0.5, 0.6) is 0 Å². The number of hydrogen-bond donors (Lipinski definition) is 2. The van der Waals surface area contributed by atoms with Gasteiger partial charge in [-0.25, -0.2) is 4.79 Å². The number of fused-ring (bicyclic) bond motifs is 1. The van der Waals surface area contributed by atoms with Crippen LogP contribution in [0.15, 0.2) is 0 Å². The zero-order chi connectivity index (χ0) is 16.5. The summed E-state index contributed by atoms with van der Waals surface area (Å²) >= 11 is 4.12. The summed E-state index contributed by atoms with van der Waals surface area (Å²) < 4.78 is 0. The molecule has 144 valence electrons. The van der Waals surface area contributed by atoms with Gasteiger partial charge >= 0.3 is 6.03 Å².